The lowest BCUT2D eigenvalue weighted by Gasteiger charge is -2.21. The highest BCUT2D eigenvalue weighted by atomic mass is 16.5. The van der Waals surface area contributed by atoms with Crippen LogP contribution in [0.4, 0.5) is 5.82 Å². The Bertz CT molecular complexity index is 396. The lowest BCUT2D eigenvalue weighted by Crippen LogP contribution is -2.39. The molecule has 100 valence electrons. The maximum Gasteiger partial charge on any atom is 0.244 e. The van der Waals surface area contributed by atoms with Crippen molar-refractivity contribution in [1.29, 1.82) is 0 Å². The zero-order valence-corrected chi connectivity index (χ0v) is 11.4. The predicted octanol–water partition coefficient (Wildman–Crippen LogP) is 1.76. The molecule has 5 heteroatoms. The van der Waals surface area contributed by atoms with Gasteiger partial charge in [-0.25, -0.2) is 0 Å². The lowest BCUT2D eigenvalue weighted by atomic mass is 10.3. The Morgan fingerprint density at radius 1 is 1.50 bits per heavy atom. The van der Waals surface area contributed by atoms with Gasteiger partial charge in [0.25, 0.3) is 0 Å². The summed E-state index contributed by atoms with van der Waals surface area (Å²) in [6.45, 7) is 6.94. The number of carbonyl (C=O) groups excluding carboxylic acids is 1. The number of pyridine rings is 1. The number of nitrogens with zero attached hydrogens (tertiary/aromatic N) is 2. The van der Waals surface area contributed by atoms with E-state index in [2.05, 4.69) is 10.3 Å². The van der Waals surface area contributed by atoms with Crippen molar-refractivity contribution in [2.24, 2.45) is 0 Å². The van der Waals surface area contributed by atoms with Crippen LogP contribution >= 0.6 is 0 Å². The van der Waals surface area contributed by atoms with Gasteiger partial charge in [-0.15, -0.1) is 0 Å². The quantitative estimate of drug-likeness (QED) is 0.837. The number of hydrogen-bond acceptors (Lipinski definition) is 4. The average molecular weight is 251 g/mol. The van der Waals surface area contributed by atoms with Gasteiger partial charge >= 0.3 is 0 Å². The number of hydrogen-bond donors (Lipinski definition) is 1. The molecule has 0 radical (unpaired) electrons. The van der Waals surface area contributed by atoms with E-state index in [0.29, 0.717) is 24.8 Å². The van der Waals surface area contributed by atoms with Crippen molar-refractivity contribution >= 4 is 11.7 Å². The van der Waals surface area contributed by atoms with Gasteiger partial charge < -0.3 is 15.0 Å². The first-order valence-corrected chi connectivity index (χ1v) is 6.19. The minimum atomic E-state index is -0.306. The van der Waals surface area contributed by atoms with E-state index in [0.717, 1.165) is 0 Å². The number of anilines is 1. The molecule has 0 spiro atoms. The van der Waals surface area contributed by atoms with Crippen LogP contribution in [-0.4, -0.2) is 42.0 Å². The first kappa shape index (κ1) is 14.3. The Hall–Kier alpha value is -1.78. The number of rotatable bonds is 6. The molecule has 1 heterocycles. The minimum absolute atomic E-state index is 0.0427. The van der Waals surface area contributed by atoms with Gasteiger partial charge in [-0.1, -0.05) is 6.07 Å². The van der Waals surface area contributed by atoms with Crippen LogP contribution in [0.5, 0.6) is 5.88 Å². The van der Waals surface area contributed by atoms with Gasteiger partial charge in [0.2, 0.25) is 11.8 Å². The van der Waals surface area contributed by atoms with Gasteiger partial charge in [-0.2, -0.15) is 4.98 Å². The number of ether oxygens (including phenoxy) is 1. The second kappa shape index (κ2) is 6.83. The molecule has 0 aliphatic rings. The van der Waals surface area contributed by atoms with Crippen molar-refractivity contribution in [3.63, 3.8) is 0 Å². The third-order valence-corrected chi connectivity index (χ3v) is 2.60. The van der Waals surface area contributed by atoms with E-state index in [9.17, 15) is 4.79 Å². The fourth-order valence-corrected chi connectivity index (χ4v) is 1.49. The predicted molar refractivity (Wildman–Crippen MR) is 71.8 cm³/mol. The van der Waals surface area contributed by atoms with Crippen LogP contribution in [-0.2, 0) is 4.79 Å². The third-order valence-electron chi connectivity index (χ3n) is 2.60. The van der Waals surface area contributed by atoms with E-state index >= 15 is 0 Å². The Labute approximate surface area is 108 Å². The van der Waals surface area contributed by atoms with Crippen LogP contribution in [0.2, 0.25) is 0 Å². The van der Waals surface area contributed by atoms with Crippen molar-refractivity contribution in [3.8, 4) is 5.88 Å². The average Bonchev–Trinajstić information content (AvgIpc) is 2.37. The van der Waals surface area contributed by atoms with E-state index < -0.39 is 0 Å². The minimum Gasteiger partial charge on any atom is -0.478 e. The van der Waals surface area contributed by atoms with Gasteiger partial charge in [0.15, 0.2) is 0 Å². The molecule has 1 N–H and O–H groups in total. The van der Waals surface area contributed by atoms with Gasteiger partial charge in [0, 0.05) is 19.7 Å². The van der Waals surface area contributed by atoms with Crippen LogP contribution in [0.25, 0.3) is 0 Å². The summed E-state index contributed by atoms with van der Waals surface area (Å²) in [6.07, 6.45) is 0. The van der Waals surface area contributed by atoms with E-state index in [1.165, 1.54) is 0 Å². The Kier molecular flexibility index (Phi) is 5.42. The number of nitrogens with one attached hydrogen (secondary N) is 1. The van der Waals surface area contributed by atoms with E-state index in [4.69, 9.17) is 4.74 Å². The molecular weight excluding hydrogens is 230 g/mol. The number of amides is 1. The summed E-state index contributed by atoms with van der Waals surface area (Å²) >= 11 is 0. The molecule has 1 amide bonds. The second-order valence-electron chi connectivity index (χ2n) is 4.01. The smallest absolute Gasteiger partial charge is 0.244 e. The maximum atomic E-state index is 11.9. The van der Waals surface area contributed by atoms with Gasteiger partial charge in [0.1, 0.15) is 11.9 Å². The molecule has 1 aromatic rings. The van der Waals surface area contributed by atoms with E-state index in [-0.39, 0.29) is 11.9 Å². The molecule has 1 aromatic heterocycles. The summed E-state index contributed by atoms with van der Waals surface area (Å²) in [4.78, 5) is 17.8. The van der Waals surface area contributed by atoms with Crippen LogP contribution < -0.4 is 10.1 Å². The Morgan fingerprint density at radius 2 is 2.22 bits per heavy atom. The maximum absolute atomic E-state index is 11.9. The summed E-state index contributed by atoms with van der Waals surface area (Å²) in [5, 5.41) is 3.07. The highest BCUT2D eigenvalue weighted by Crippen LogP contribution is 2.12. The van der Waals surface area contributed by atoms with Crippen molar-refractivity contribution in [3.05, 3.63) is 18.2 Å². The molecule has 0 aromatic carbocycles. The highest BCUT2D eigenvalue weighted by molar-refractivity contribution is 5.83. The molecule has 0 bridgehead atoms. The molecule has 0 saturated carbocycles. The van der Waals surface area contributed by atoms with Crippen molar-refractivity contribution in [2.45, 2.75) is 26.8 Å². The second-order valence-corrected chi connectivity index (χ2v) is 4.01. The lowest BCUT2D eigenvalue weighted by molar-refractivity contribution is -0.130. The molecule has 0 aliphatic heterocycles. The highest BCUT2D eigenvalue weighted by Gasteiger charge is 2.16. The number of carbonyl (C=O) groups is 1. The SMILES string of the molecule is CCOc1cccc(NC(C)C(=O)N(C)CC)n1. The largest absolute Gasteiger partial charge is 0.478 e. The Morgan fingerprint density at radius 3 is 2.83 bits per heavy atom. The van der Waals surface area contributed by atoms with E-state index in [1.807, 2.05) is 32.9 Å². The van der Waals surface area contributed by atoms with Crippen molar-refractivity contribution < 1.29 is 9.53 Å². The fraction of sp³-hybridized carbons (Fsp3) is 0.538. The van der Waals surface area contributed by atoms with Crippen LogP contribution in [0.1, 0.15) is 20.8 Å². The summed E-state index contributed by atoms with van der Waals surface area (Å²) in [6, 6.07) is 5.15. The molecule has 0 fully saturated rings. The molecule has 18 heavy (non-hydrogen) atoms. The molecule has 1 rings (SSSR count). The Balaban J connectivity index is 2.66. The first-order valence-electron chi connectivity index (χ1n) is 6.19. The molecule has 1 unspecified atom stereocenters. The fourth-order valence-electron chi connectivity index (χ4n) is 1.49. The first-order chi connectivity index (χ1) is 8.58. The number of aromatic nitrogens is 1. The van der Waals surface area contributed by atoms with Gasteiger partial charge in [0.05, 0.1) is 6.61 Å². The summed E-state index contributed by atoms with van der Waals surface area (Å²) < 4.78 is 5.31. The summed E-state index contributed by atoms with van der Waals surface area (Å²) in [5.74, 6) is 1.25. The van der Waals surface area contributed by atoms with E-state index in [1.54, 1.807) is 18.0 Å². The summed E-state index contributed by atoms with van der Waals surface area (Å²) in [5.41, 5.74) is 0. The third kappa shape index (κ3) is 3.91. The summed E-state index contributed by atoms with van der Waals surface area (Å²) in [7, 11) is 1.78. The standard InChI is InChI=1S/C13H21N3O2/c1-5-16(4)13(17)10(3)14-11-8-7-9-12(15-11)18-6-2/h7-10H,5-6H2,1-4H3,(H,14,15). The zero-order valence-electron chi connectivity index (χ0n) is 11.4. The number of likely N-dealkylation sites (N-methyl/N-ethyl adjacent to an activating group) is 1. The molecule has 1 atom stereocenters. The van der Waals surface area contributed by atoms with Crippen LogP contribution in [0.15, 0.2) is 18.2 Å². The van der Waals surface area contributed by atoms with Crippen LogP contribution in [0.3, 0.4) is 0 Å². The van der Waals surface area contributed by atoms with Crippen molar-refractivity contribution in [1.82, 2.24) is 9.88 Å². The molecule has 0 saturated heterocycles. The zero-order chi connectivity index (χ0) is 13.5. The van der Waals surface area contributed by atoms with Gasteiger partial charge in [-0.05, 0) is 26.8 Å². The molecule has 5 nitrogen and oxygen atoms in total. The van der Waals surface area contributed by atoms with Crippen LogP contribution in [0, 0.1) is 0 Å². The van der Waals surface area contributed by atoms with Gasteiger partial charge in [-0.3, -0.25) is 4.79 Å². The topological polar surface area (TPSA) is 54.5 Å². The normalized spacial score (nSPS) is 11.8. The molecular formula is C13H21N3O2. The van der Waals surface area contributed by atoms with Crippen molar-refractivity contribution in [2.75, 3.05) is 25.5 Å². The molecule has 0 aliphatic carbocycles. The monoisotopic (exact) mass is 251 g/mol.